The maximum Gasteiger partial charge on any atom is 0.146 e. The van der Waals surface area contributed by atoms with E-state index in [-0.39, 0.29) is 6.10 Å². The molecular weight excluding hydrogens is 244 g/mol. The van der Waals surface area contributed by atoms with Crippen molar-refractivity contribution in [1.82, 2.24) is 0 Å². The molecular formula is C15H22O4. The maximum absolute atomic E-state index is 5.67. The molecule has 1 aromatic rings. The van der Waals surface area contributed by atoms with Crippen LogP contribution in [0.3, 0.4) is 0 Å². The van der Waals surface area contributed by atoms with Crippen LogP contribution < -0.4 is 0 Å². The van der Waals surface area contributed by atoms with Gasteiger partial charge in [-0.2, -0.15) is 0 Å². The third-order valence-corrected chi connectivity index (χ3v) is 3.05. The number of benzene rings is 1. The van der Waals surface area contributed by atoms with Gasteiger partial charge in [0.25, 0.3) is 0 Å². The summed E-state index contributed by atoms with van der Waals surface area (Å²) < 4.78 is 21.5. The summed E-state index contributed by atoms with van der Waals surface area (Å²) in [7, 11) is 1.64. The first kappa shape index (κ1) is 14.5. The fourth-order valence-corrected chi connectivity index (χ4v) is 1.91. The maximum atomic E-state index is 5.67. The minimum atomic E-state index is 0.156. The second-order valence-electron chi connectivity index (χ2n) is 4.71. The van der Waals surface area contributed by atoms with Crippen LogP contribution in [0.4, 0.5) is 0 Å². The zero-order valence-corrected chi connectivity index (χ0v) is 11.4. The van der Waals surface area contributed by atoms with E-state index in [1.165, 1.54) is 5.56 Å². The van der Waals surface area contributed by atoms with Crippen LogP contribution in [0, 0.1) is 0 Å². The standard InChI is InChI=1S/C15H22O4/c1-16-12-19-14(9-15-11-18-15)7-8-17-10-13-5-3-2-4-6-13/h2-6,14-15H,7-12H2,1H3/t14-,15+/m0/s1. The quantitative estimate of drug-likeness (QED) is 0.370. The Morgan fingerprint density at radius 2 is 2.11 bits per heavy atom. The molecule has 1 aromatic carbocycles. The summed E-state index contributed by atoms with van der Waals surface area (Å²) in [6.45, 7) is 2.53. The van der Waals surface area contributed by atoms with Crippen molar-refractivity contribution >= 4 is 0 Å². The topological polar surface area (TPSA) is 40.2 Å². The summed E-state index contributed by atoms with van der Waals surface area (Å²) in [5, 5.41) is 0. The number of rotatable bonds is 10. The van der Waals surface area contributed by atoms with Crippen LogP contribution in [-0.2, 0) is 25.6 Å². The van der Waals surface area contributed by atoms with E-state index < -0.39 is 0 Å². The number of epoxide rings is 1. The number of hydrogen-bond donors (Lipinski definition) is 0. The molecule has 0 bridgehead atoms. The zero-order valence-electron chi connectivity index (χ0n) is 11.4. The van der Waals surface area contributed by atoms with Gasteiger partial charge in [0, 0.05) is 20.1 Å². The van der Waals surface area contributed by atoms with E-state index in [1.807, 2.05) is 18.2 Å². The van der Waals surface area contributed by atoms with Gasteiger partial charge in [0.2, 0.25) is 0 Å². The van der Waals surface area contributed by atoms with Crippen molar-refractivity contribution in [2.75, 3.05) is 27.1 Å². The van der Waals surface area contributed by atoms with Crippen LogP contribution in [0.1, 0.15) is 18.4 Å². The molecule has 2 rings (SSSR count). The molecule has 1 aliphatic heterocycles. The molecule has 0 N–H and O–H groups in total. The lowest BCUT2D eigenvalue weighted by Crippen LogP contribution is -2.19. The van der Waals surface area contributed by atoms with Crippen molar-refractivity contribution < 1.29 is 18.9 Å². The van der Waals surface area contributed by atoms with Crippen molar-refractivity contribution in [3.8, 4) is 0 Å². The highest BCUT2D eigenvalue weighted by Crippen LogP contribution is 2.19. The van der Waals surface area contributed by atoms with E-state index in [2.05, 4.69) is 12.1 Å². The fourth-order valence-electron chi connectivity index (χ4n) is 1.91. The predicted octanol–water partition coefficient (Wildman–Crippen LogP) is 2.37. The number of ether oxygens (including phenoxy) is 4. The van der Waals surface area contributed by atoms with Crippen LogP contribution in [0.15, 0.2) is 30.3 Å². The second kappa shape index (κ2) is 8.27. The Balaban J connectivity index is 1.60. The predicted molar refractivity (Wildman–Crippen MR) is 71.8 cm³/mol. The SMILES string of the molecule is COCO[C@@H](CCOCc1ccccc1)C[C@@H]1CO1. The zero-order chi connectivity index (χ0) is 13.3. The molecule has 106 valence electrons. The average Bonchev–Trinajstić information content (AvgIpc) is 3.25. The van der Waals surface area contributed by atoms with Gasteiger partial charge in [0.1, 0.15) is 6.79 Å². The largest absolute Gasteiger partial charge is 0.377 e. The summed E-state index contributed by atoms with van der Waals surface area (Å²) in [6.07, 6.45) is 2.33. The lowest BCUT2D eigenvalue weighted by atomic mass is 10.1. The first-order chi connectivity index (χ1) is 9.38. The first-order valence-corrected chi connectivity index (χ1v) is 6.72. The smallest absolute Gasteiger partial charge is 0.146 e. The summed E-state index contributed by atoms with van der Waals surface area (Å²) in [5.74, 6) is 0. The van der Waals surface area contributed by atoms with Crippen LogP contribution >= 0.6 is 0 Å². The molecule has 0 unspecified atom stereocenters. The molecule has 4 nitrogen and oxygen atoms in total. The molecule has 0 aliphatic carbocycles. The van der Waals surface area contributed by atoms with Crippen molar-refractivity contribution in [1.29, 1.82) is 0 Å². The Labute approximate surface area is 114 Å². The Hall–Kier alpha value is -0.940. The van der Waals surface area contributed by atoms with E-state index in [9.17, 15) is 0 Å². The second-order valence-corrected chi connectivity index (χ2v) is 4.71. The van der Waals surface area contributed by atoms with Gasteiger partial charge >= 0.3 is 0 Å². The summed E-state index contributed by atoms with van der Waals surface area (Å²) >= 11 is 0. The Bertz CT molecular complexity index is 337. The minimum Gasteiger partial charge on any atom is -0.377 e. The molecule has 1 saturated heterocycles. The lowest BCUT2D eigenvalue weighted by molar-refractivity contribution is -0.0847. The summed E-state index contributed by atoms with van der Waals surface area (Å²) in [4.78, 5) is 0. The fraction of sp³-hybridized carbons (Fsp3) is 0.600. The third kappa shape index (κ3) is 6.16. The van der Waals surface area contributed by atoms with Crippen molar-refractivity contribution in [3.05, 3.63) is 35.9 Å². The van der Waals surface area contributed by atoms with Gasteiger partial charge in [0.05, 0.1) is 25.4 Å². The monoisotopic (exact) mass is 266 g/mol. The summed E-state index contributed by atoms with van der Waals surface area (Å²) in [6, 6.07) is 10.2. The van der Waals surface area contributed by atoms with Gasteiger partial charge < -0.3 is 18.9 Å². The lowest BCUT2D eigenvalue weighted by Gasteiger charge is -2.16. The Morgan fingerprint density at radius 3 is 2.79 bits per heavy atom. The molecule has 0 spiro atoms. The Kier molecular flexibility index (Phi) is 6.30. The highest BCUT2D eigenvalue weighted by molar-refractivity contribution is 5.13. The van der Waals surface area contributed by atoms with Crippen LogP contribution in [0.5, 0.6) is 0 Å². The Morgan fingerprint density at radius 1 is 1.32 bits per heavy atom. The van der Waals surface area contributed by atoms with Crippen LogP contribution in [0.25, 0.3) is 0 Å². The highest BCUT2D eigenvalue weighted by atomic mass is 16.7. The van der Waals surface area contributed by atoms with E-state index >= 15 is 0 Å². The van der Waals surface area contributed by atoms with Crippen molar-refractivity contribution in [2.24, 2.45) is 0 Å². The third-order valence-electron chi connectivity index (χ3n) is 3.05. The van der Waals surface area contributed by atoms with Gasteiger partial charge in [-0.25, -0.2) is 0 Å². The molecule has 1 fully saturated rings. The van der Waals surface area contributed by atoms with Gasteiger partial charge in [-0.15, -0.1) is 0 Å². The van der Waals surface area contributed by atoms with Gasteiger partial charge in [-0.05, 0) is 12.0 Å². The molecule has 4 heteroatoms. The molecule has 1 aliphatic rings. The summed E-state index contributed by atoms with van der Waals surface area (Å²) in [5.41, 5.74) is 1.20. The highest BCUT2D eigenvalue weighted by Gasteiger charge is 2.27. The van der Waals surface area contributed by atoms with Gasteiger partial charge in [0.15, 0.2) is 0 Å². The van der Waals surface area contributed by atoms with Crippen molar-refractivity contribution in [2.45, 2.75) is 31.7 Å². The molecule has 2 atom stereocenters. The molecule has 19 heavy (non-hydrogen) atoms. The molecule has 0 radical (unpaired) electrons. The van der Waals surface area contributed by atoms with Gasteiger partial charge in [-0.1, -0.05) is 30.3 Å². The molecule has 1 heterocycles. The van der Waals surface area contributed by atoms with E-state index in [1.54, 1.807) is 7.11 Å². The van der Waals surface area contributed by atoms with Gasteiger partial charge in [-0.3, -0.25) is 0 Å². The number of hydrogen-bond acceptors (Lipinski definition) is 4. The van der Waals surface area contributed by atoms with Crippen LogP contribution in [0.2, 0.25) is 0 Å². The van der Waals surface area contributed by atoms with E-state index in [0.717, 1.165) is 19.4 Å². The molecule has 0 amide bonds. The normalized spacial score (nSPS) is 19.3. The van der Waals surface area contributed by atoms with E-state index in [0.29, 0.717) is 26.1 Å². The average molecular weight is 266 g/mol. The molecule has 0 aromatic heterocycles. The van der Waals surface area contributed by atoms with E-state index in [4.69, 9.17) is 18.9 Å². The van der Waals surface area contributed by atoms with Crippen LogP contribution in [-0.4, -0.2) is 39.3 Å². The molecule has 0 saturated carbocycles. The minimum absolute atomic E-state index is 0.156. The number of methoxy groups -OCH3 is 1. The first-order valence-electron chi connectivity index (χ1n) is 6.72. The van der Waals surface area contributed by atoms with Crippen molar-refractivity contribution in [3.63, 3.8) is 0 Å².